The fourth-order valence-electron chi connectivity index (χ4n) is 2.74. The Bertz CT molecular complexity index is 206. The molecule has 1 rings (SSSR count). The Labute approximate surface area is 114 Å². The van der Waals surface area contributed by atoms with Crippen molar-refractivity contribution in [3.05, 3.63) is 0 Å². The monoisotopic (exact) mass is 255 g/mol. The Balaban J connectivity index is 2.07. The molecule has 0 aromatic heterocycles. The van der Waals surface area contributed by atoms with E-state index in [0.717, 1.165) is 12.5 Å². The lowest BCUT2D eigenvalue weighted by atomic mass is 10.1. The second kappa shape index (κ2) is 8.89. The van der Waals surface area contributed by atoms with E-state index in [1.165, 1.54) is 52.0 Å². The van der Waals surface area contributed by atoms with Gasteiger partial charge in [-0.2, -0.15) is 0 Å². The lowest BCUT2D eigenvalue weighted by Gasteiger charge is -2.27. The summed E-state index contributed by atoms with van der Waals surface area (Å²) in [6, 6.07) is 0.704. The Kier molecular flexibility index (Phi) is 7.87. The smallest absolute Gasteiger partial charge is 0.0195 e. The molecule has 0 saturated carbocycles. The highest BCUT2D eigenvalue weighted by Gasteiger charge is 2.18. The molecule has 1 atom stereocenters. The molecule has 0 bridgehead atoms. The van der Waals surface area contributed by atoms with Crippen LogP contribution in [0.5, 0.6) is 0 Å². The lowest BCUT2D eigenvalue weighted by Crippen LogP contribution is -2.41. The molecule has 3 nitrogen and oxygen atoms in total. The maximum absolute atomic E-state index is 3.58. The van der Waals surface area contributed by atoms with Crippen molar-refractivity contribution in [3.8, 4) is 0 Å². The van der Waals surface area contributed by atoms with Crippen LogP contribution in [0.1, 0.15) is 40.0 Å². The minimum atomic E-state index is 0.704. The lowest BCUT2D eigenvalue weighted by molar-refractivity contribution is 0.202. The van der Waals surface area contributed by atoms with Crippen LogP contribution in [-0.4, -0.2) is 62.2 Å². The number of nitrogens with one attached hydrogen (secondary N) is 1. The molecule has 108 valence electrons. The SMILES string of the molecule is CC(C)CCCNCCN1CCCN(C)CC1C. The van der Waals surface area contributed by atoms with Crippen LogP contribution in [0.2, 0.25) is 0 Å². The van der Waals surface area contributed by atoms with Crippen LogP contribution in [0.4, 0.5) is 0 Å². The second-order valence-electron chi connectivity index (χ2n) is 6.29. The van der Waals surface area contributed by atoms with E-state index in [1.54, 1.807) is 0 Å². The van der Waals surface area contributed by atoms with Crippen LogP contribution in [0, 0.1) is 5.92 Å². The molecule has 1 fully saturated rings. The molecule has 1 aliphatic rings. The Morgan fingerprint density at radius 1 is 1.22 bits per heavy atom. The number of nitrogens with zero attached hydrogens (tertiary/aromatic N) is 2. The van der Waals surface area contributed by atoms with Crippen molar-refractivity contribution < 1.29 is 0 Å². The van der Waals surface area contributed by atoms with E-state index >= 15 is 0 Å². The van der Waals surface area contributed by atoms with Crippen LogP contribution in [0.3, 0.4) is 0 Å². The predicted octanol–water partition coefficient (Wildman–Crippen LogP) is 2.04. The van der Waals surface area contributed by atoms with Crippen molar-refractivity contribution in [1.82, 2.24) is 15.1 Å². The third-order valence-corrected chi connectivity index (χ3v) is 3.90. The molecule has 1 aliphatic heterocycles. The topological polar surface area (TPSA) is 18.5 Å². The molecular weight excluding hydrogens is 222 g/mol. The van der Waals surface area contributed by atoms with Gasteiger partial charge in [-0.05, 0) is 58.8 Å². The maximum Gasteiger partial charge on any atom is 0.0195 e. The summed E-state index contributed by atoms with van der Waals surface area (Å²) in [7, 11) is 2.24. The summed E-state index contributed by atoms with van der Waals surface area (Å²) in [6.07, 6.45) is 3.97. The zero-order valence-corrected chi connectivity index (χ0v) is 12.9. The minimum absolute atomic E-state index is 0.704. The van der Waals surface area contributed by atoms with E-state index in [4.69, 9.17) is 0 Å². The minimum Gasteiger partial charge on any atom is -0.315 e. The molecular formula is C15H33N3. The van der Waals surface area contributed by atoms with Crippen LogP contribution >= 0.6 is 0 Å². The van der Waals surface area contributed by atoms with E-state index in [2.05, 4.69) is 42.9 Å². The van der Waals surface area contributed by atoms with Gasteiger partial charge in [0.25, 0.3) is 0 Å². The zero-order valence-electron chi connectivity index (χ0n) is 12.9. The fourth-order valence-corrected chi connectivity index (χ4v) is 2.74. The Morgan fingerprint density at radius 3 is 2.72 bits per heavy atom. The molecule has 1 unspecified atom stereocenters. The van der Waals surface area contributed by atoms with Gasteiger partial charge in [0.05, 0.1) is 0 Å². The Hall–Kier alpha value is -0.120. The molecule has 0 amide bonds. The van der Waals surface area contributed by atoms with Gasteiger partial charge >= 0.3 is 0 Å². The molecule has 1 heterocycles. The van der Waals surface area contributed by atoms with Crippen molar-refractivity contribution in [3.63, 3.8) is 0 Å². The highest BCUT2D eigenvalue weighted by molar-refractivity contribution is 4.75. The van der Waals surface area contributed by atoms with E-state index < -0.39 is 0 Å². The standard InChI is InChI=1S/C15H33N3/c1-14(2)7-5-8-16-9-12-18-11-6-10-17(4)13-15(18)3/h14-16H,5-13H2,1-4H3. The van der Waals surface area contributed by atoms with E-state index in [1.807, 2.05) is 0 Å². The molecule has 0 aliphatic carbocycles. The number of rotatable bonds is 7. The van der Waals surface area contributed by atoms with Gasteiger partial charge in [-0.15, -0.1) is 0 Å². The van der Waals surface area contributed by atoms with E-state index in [0.29, 0.717) is 6.04 Å². The maximum atomic E-state index is 3.58. The fraction of sp³-hybridized carbons (Fsp3) is 1.00. The third kappa shape index (κ3) is 6.72. The van der Waals surface area contributed by atoms with Gasteiger partial charge in [0, 0.05) is 25.7 Å². The number of hydrogen-bond acceptors (Lipinski definition) is 3. The molecule has 0 aromatic carbocycles. The third-order valence-electron chi connectivity index (χ3n) is 3.90. The van der Waals surface area contributed by atoms with Gasteiger partial charge in [0.15, 0.2) is 0 Å². The first-order valence-corrected chi connectivity index (χ1v) is 7.73. The normalized spacial score (nSPS) is 23.5. The van der Waals surface area contributed by atoms with Crippen molar-refractivity contribution in [2.75, 3.05) is 46.3 Å². The quantitative estimate of drug-likeness (QED) is 0.702. The molecule has 1 N–H and O–H groups in total. The van der Waals surface area contributed by atoms with Gasteiger partial charge in [0.1, 0.15) is 0 Å². The number of hydrogen-bond donors (Lipinski definition) is 1. The van der Waals surface area contributed by atoms with Crippen LogP contribution < -0.4 is 5.32 Å². The first-order valence-electron chi connectivity index (χ1n) is 7.73. The largest absolute Gasteiger partial charge is 0.315 e. The molecule has 18 heavy (non-hydrogen) atoms. The summed E-state index contributed by atoms with van der Waals surface area (Å²) in [5, 5.41) is 3.58. The van der Waals surface area contributed by atoms with Crippen molar-refractivity contribution >= 4 is 0 Å². The highest BCUT2D eigenvalue weighted by Crippen LogP contribution is 2.07. The predicted molar refractivity (Wildman–Crippen MR) is 80.1 cm³/mol. The first kappa shape index (κ1) is 15.9. The van der Waals surface area contributed by atoms with Gasteiger partial charge in [-0.3, -0.25) is 4.90 Å². The number of likely N-dealkylation sites (N-methyl/N-ethyl adjacent to an activating group) is 1. The second-order valence-corrected chi connectivity index (χ2v) is 6.29. The van der Waals surface area contributed by atoms with Crippen LogP contribution in [-0.2, 0) is 0 Å². The van der Waals surface area contributed by atoms with Gasteiger partial charge < -0.3 is 10.2 Å². The van der Waals surface area contributed by atoms with Crippen molar-refractivity contribution in [1.29, 1.82) is 0 Å². The highest BCUT2D eigenvalue weighted by atomic mass is 15.2. The summed E-state index contributed by atoms with van der Waals surface area (Å²) in [6.45, 7) is 14.2. The molecule has 0 spiro atoms. The van der Waals surface area contributed by atoms with E-state index in [-0.39, 0.29) is 0 Å². The van der Waals surface area contributed by atoms with Gasteiger partial charge in [0.2, 0.25) is 0 Å². The zero-order chi connectivity index (χ0) is 13.4. The average Bonchev–Trinajstić information content (AvgIpc) is 2.45. The first-order chi connectivity index (χ1) is 8.59. The van der Waals surface area contributed by atoms with Crippen LogP contribution in [0.15, 0.2) is 0 Å². The molecule has 0 radical (unpaired) electrons. The summed E-state index contributed by atoms with van der Waals surface area (Å²) in [5.74, 6) is 0.841. The average molecular weight is 255 g/mol. The van der Waals surface area contributed by atoms with E-state index in [9.17, 15) is 0 Å². The van der Waals surface area contributed by atoms with Gasteiger partial charge in [-0.1, -0.05) is 13.8 Å². The van der Waals surface area contributed by atoms with Gasteiger partial charge in [-0.25, -0.2) is 0 Å². The summed E-state index contributed by atoms with van der Waals surface area (Å²) in [5.41, 5.74) is 0. The summed E-state index contributed by atoms with van der Waals surface area (Å²) in [4.78, 5) is 5.10. The molecule has 3 heteroatoms. The van der Waals surface area contributed by atoms with Crippen molar-refractivity contribution in [2.24, 2.45) is 5.92 Å². The van der Waals surface area contributed by atoms with Crippen molar-refractivity contribution in [2.45, 2.75) is 46.1 Å². The van der Waals surface area contributed by atoms with Crippen LogP contribution in [0.25, 0.3) is 0 Å². The summed E-state index contributed by atoms with van der Waals surface area (Å²) >= 11 is 0. The molecule has 1 saturated heterocycles. The Morgan fingerprint density at radius 2 is 2.00 bits per heavy atom. The molecule has 0 aromatic rings. The summed E-state index contributed by atoms with van der Waals surface area (Å²) < 4.78 is 0.